The monoisotopic (exact) mass is 1270 g/mol. The highest BCUT2D eigenvalue weighted by Crippen LogP contribution is 2.24. The second-order valence-corrected chi connectivity index (χ2v) is 22.6. The number of hydrogen-bond acceptors (Lipinski definition) is 13. The van der Waals surface area contributed by atoms with E-state index in [9.17, 15) is 47.9 Å². The lowest BCUT2D eigenvalue weighted by Crippen LogP contribution is -2.32. The van der Waals surface area contributed by atoms with Crippen molar-refractivity contribution in [3.8, 4) is 0 Å². The Kier molecular flexibility index (Phi) is 20.0. The Hall–Kier alpha value is -11.8. The van der Waals surface area contributed by atoms with Gasteiger partial charge >= 0.3 is 0 Å². The molecular formula is C62H73N21O10. The van der Waals surface area contributed by atoms with Gasteiger partial charge in [0.1, 0.15) is 34.2 Å². The van der Waals surface area contributed by atoms with Gasteiger partial charge in [0.05, 0.1) is 51.5 Å². The molecule has 10 N–H and O–H groups in total. The van der Waals surface area contributed by atoms with Crippen molar-refractivity contribution in [3.63, 3.8) is 0 Å². The summed E-state index contributed by atoms with van der Waals surface area (Å²) in [5, 5.41) is 27.7. The summed E-state index contributed by atoms with van der Waals surface area (Å²) in [4.78, 5) is 142. The normalized spacial score (nSPS) is 11.1. The summed E-state index contributed by atoms with van der Waals surface area (Å²) in [7, 11) is 17.2. The van der Waals surface area contributed by atoms with Crippen LogP contribution in [0.25, 0.3) is 11.0 Å². The molecule has 10 amide bonds. The molecule has 0 spiro atoms. The molecule has 93 heavy (non-hydrogen) atoms. The van der Waals surface area contributed by atoms with E-state index in [0.29, 0.717) is 51.7 Å². The van der Waals surface area contributed by atoms with E-state index in [1.54, 1.807) is 114 Å². The molecule has 9 rings (SSSR count). The van der Waals surface area contributed by atoms with Crippen LogP contribution in [0.3, 0.4) is 0 Å². The predicted molar refractivity (Wildman–Crippen MR) is 347 cm³/mol. The Morgan fingerprint density at radius 1 is 0.387 bits per heavy atom. The lowest BCUT2D eigenvalue weighted by Gasteiger charge is -2.10. The summed E-state index contributed by atoms with van der Waals surface area (Å²) in [6, 6.07) is 14.2. The van der Waals surface area contributed by atoms with Crippen LogP contribution in [0.5, 0.6) is 0 Å². The van der Waals surface area contributed by atoms with E-state index in [1.807, 2.05) is 36.7 Å². The zero-order valence-corrected chi connectivity index (χ0v) is 53.0. The molecule has 0 saturated carbocycles. The van der Waals surface area contributed by atoms with Crippen LogP contribution >= 0.6 is 0 Å². The summed E-state index contributed by atoms with van der Waals surface area (Å²) < 4.78 is 12.5. The lowest BCUT2D eigenvalue weighted by atomic mass is 10.2. The van der Waals surface area contributed by atoms with Gasteiger partial charge < -0.3 is 94.6 Å². The van der Waals surface area contributed by atoms with E-state index in [4.69, 9.17) is 0 Å². The molecule has 0 saturated heterocycles. The quantitative estimate of drug-likeness (QED) is 0.0341. The third-order valence-electron chi connectivity index (χ3n) is 14.9. The molecule has 1 aromatic carbocycles. The Balaban J connectivity index is 0.685. The minimum atomic E-state index is -0.568. The van der Waals surface area contributed by atoms with Gasteiger partial charge in [-0.15, -0.1) is 0 Å². The van der Waals surface area contributed by atoms with Crippen molar-refractivity contribution in [2.45, 2.75) is 25.7 Å². The average Bonchev–Trinajstić information content (AvgIpc) is 1.80. The standard InChI is InChI=1S/C62H73N21O10/c1-75(2)20-12-18-63-52(84)16-19-65-56(87)45-23-39(30-76(45)3)69-59(90)48-26-41(32-79(48)6)71-60(91)49-25-40(31-80(49)7)70-57(88)46-22-37(28-77(46)4)67-53(85)13-11-17-64-62(93)54-73-51(34-82(54)9)74-61(92)50-27-42(33-81(50)8)72-58(89)47-24-38(29-78(47)5)68-55(86)36-14-15-44-43(21-36)66-35-83(44)10/h14-15,21-35H,11-13,16-20H2,1-10H3,(H,63,84)(H,64,93)(H,65,87)(H,67,85)(H,68,86)(H,69,90)(H,70,88)(H,71,91)(H,72,89)(H,74,92). The molecule has 0 radical (unpaired) electrons. The highest BCUT2D eigenvalue weighted by Gasteiger charge is 2.24. The van der Waals surface area contributed by atoms with Crippen LogP contribution in [0, 0.1) is 0 Å². The minimum Gasteiger partial charge on any atom is -0.356 e. The van der Waals surface area contributed by atoms with Crippen LogP contribution in [0.15, 0.2) is 104 Å². The number of imidazole rings is 2. The van der Waals surface area contributed by atoms with Gasteiger partial charge in [-0.05, 0) is 88.1 Å². The summed E-state index contributed by atoms with van der Waals surface area (Å²) >= 11 is 0. The van der Waals surface area contributed by atoms with Gasteiger partial charge in [0.2, 0.25) is 17.6 Å². The van der Waals surface area contributed by atoms with E-state index in [2.05, 4.69) is 63.1 Å². The van der Waals surface area contributed by atoms with Gasteiger partial charge in [0.25, 0.3) is 47.3 Å². The lowest BCUT2D eigenvalue weighted by molar-refractivity contribution is -0.121. The molecule has 8 aromatic heterocycles. The number of benzene rings is 1. The van der Waals surface area contributed by atoms with Crippen molar-refractivity contribution in [3.05, 3.63) is 150 Å². The number of hydrogen-bond donors (Lipinski definition) is 10. The Bertz CT molecular complexity index is 4380. The van der Waals surface area contributed by atoms with Gasteiger partial charge in [-0.25, -0.2) is 9.97 Å². The highest BCUT2D eigenvalue weighted by molar-refractivity contribution is 6.11. The number of aromatic nitrogens is 10. The Morgan fingerprint density at radius 3 is 1.26 bits per heavy atom. The van der Waals surface area contributed by atoms with Crippen molar-refractivity contribution in [2.75, 3.05) is 77.5 Å². The molecule has 0 aliphatic rings. The largest absolute Gasteiger partial charge is 0.356 e. The number of amides is 10. The zero-order valence-electron chi connectivity index (χ0n) is 53.0. The maximum absolute atomic E-state index is 13.5. The molecule has 31 heteroatoms. The summed E-state index contributed by atoms with van der Waals surface area (Å²) in [6.45, 7) is 1.62. The average molecular weight is 1270 g/mol. The molecule has 9 aromatic rings. The number of carbonyl (C=O) groups is 10. The van der Waals surface area contributed by atoms with Crippen molar-refractivity contribution in [2.24, 2.45) is 56.4 Å². The summed E-state index contributed by atoms with van der Waals surface area (Å²) in [5.41, 5.74) is 5.27. The van der Waals surface area contributed by atoms with Crippen molar-refractivity contribution >= 4 is 110 Å². The molecule has 0 aliphatic heterocycles. The summed E-state index contributed by atoms with van der Waals surface area (Å²) in [5.74, 6) is -4.43. The number of fused-ring (bicyclic) bond motifs is 1. The number of anilines is 7. The van der Waals surface area contributed by atoms with E-state index in [1.165, 1.54) is 65.4 Å². The van der Waals surface area contributed by atoms with E-state index >= 15 is 0 Å². The van der Waals surface area contributed by atoms with E-state index in [-0.39, 0.29) is 95.9 Å². The fraction of sp³-hybridized carbons (Fsp3) is 0.290. The van der Waals surface area contributed by atoms with Crippen LogP contribution < -0.4 is 53.2 Å². The van der Waals surface area contributed by atoms with Gasteiger partial charge in [-0.3, -0.25) is 47.9 Å². The predicted octanol–water partition coefficient (Wildman–Crippen LogP) is 4.19. The van der Waals surface area contributed by atoms with Crippen LogP contribution in [-0.4, -0.2) is 151 Å². The fourth-order valence-electron chi connectivity index (χ4n) is 10.2. The Labute approximate surface area is 532 Å². The molecule has 0 unspecified atom stereocenters. The van der Waals surface area contributed by atoms with Crippen LogP contribution in [0.1, 0.15) is 110 Å². The second-order valence-electron chi connectivity index (χ2n) is 22.6. The number of carbonyl (C=O) groups excluding carboxylic acids is 10. The van der Waals surface area contributed by atoms with E-state index < -0.39 is 41.4 Å². The second kappa shape index (κ2) is 28.4. The SMILES string of the molecule is CN(C)CCCNC(=O)CCNC(=O)c1cc(NC(=O)c2cc(NC(=O)c3cc(NC(=O)c4cc(NC(=O)CCCNC(=O)c5nc(NC(=O)c6cc(NC(=O)c7cc(NC(=O)c8ccc9c(c8)ncn9C)cn7C)cn6C)cn5C)cn4C)cn3C)cn2C)cn1C. The number of rotatable bonds is 26. The molecule has 8 heterocycles. The molecule has 486 valence electrons. The van der Waals surface area contributed by atoms with E-state index in [0.717, 1.165) is 18.5 Å². The molecular weight excluding hydrogens is 1200 g/mol. The molecule has 0 aliphatic carbocycles. The first-order valence-electron chi connectivity index (χ1n) is 29.4. The third-order valence-corrected chi connectivity index (χ3v) is 14.9. The number of aryl methyl sites for hydroxylation is 8. The van der Waals surface area contributed by atoms with Crippen molar-refractivity contribution in [1.29, 1.82) is 0 Å². The molecule has 0 bridgehead atoms. The van der Waals surface area contributed by atoms with Gasteiger partial charge in [0, 0.05) is 138 Å². The van der Waals surface area contributed by atoms with Crippen LogP contribution in [0.2, 0.25) is 0 Å². The van der Waals surface area contributed by atoms with Crippen LogP contribution in [-0.2, 0) is 66.0 Å². The minimum absolute atomic E-state index is 0.00891. The fourth-order valence-corrected chi connectivity index (χ4v) is 10.2. The van der Waals surface area contributed by atoms with Gasteiger partial charge in [0.15, 0.2) is 5.82 Å². The van der Waals surface area contributed by atoms with Crippen LogP contribution in [0.4, 0.5) is 39.9 Å². The maximum atomic E-state index is 13.5. The summed E-state index contributed by atoms with van der Waals surface area (Å²) in [6.07, 6.45) is 13.7. The zero-order chi connectivity index (χ0) is 66.9. The topological polar surface area (TPSA) is 359 Å². The maximum Gasteiger partial charge on any atom is 0.287 e. The highest BCUT2D eigenvalue weighted by atomic mass is 16.2. The van der Waals surface area contributed by atoms with Gasteiger partial charge in [-0.2, -0.15) is 0 Å². The first-order valence-corrected chi connectivity index (χ1v) is 29.4. The molecule has 0 atom stereocenters. The van der Waals surface area contributed by atoms with Gasteiger partial charge in [-0.1, -0.05) is 0 Å². The number of nitrogens with one attached hydrogen (secondary N) is 10. The first-order chi connectivity index (χ1) is 44.3. The Morgan fingerprint density at radius 2 is 0.796 bits per heavy atom. The molecule has 31 nitrogen and oxygen atoms in total. The van der Waals surface area contributed by atoms with Crippen molar-refractivity contribution < 1.29 is 47.9 Å². The molecule has 0 fully saturated rings. The third kappa shape index (κ3) is 16.2. The smallest absolute Gasteiger partial charge is 0.287 e. The number of nitrogens with zero attached hydrogens (tertiary/aromatic N) is 11. The van der Waals surface area contributed by atoms with Crippen molar-refractivity contribution in [1.82, 2.24) is 67.4 Å². The first kappa shape index (κ1) is 65.7.